The average molecular weight is 302 g/mol. The minimum Gasteiger partial charge on any atom is -0.478 e. The predicted molar refractivity (Wildman–Crippen MR) is 84.2 cm³/mol. The number of ether oxygens (including phenoxy) is 1. The van der Waals surface area contributed by atoms with E-state index in [-0.39, 0.29) is 0 Å². The Kier molecular flexibility index (Phi) is 3.81. The number of aromatic nitrogens is 2. The molecule has 0 saturated heterocycles. The summed E-state index contributed by atoms with van der Waals surface area (Å²) in [6.45, 7) is 4.92. The van der Waals surface area contributed by atoms with Gasteiger partial charge in [0.25, 0.3) is 0 Å². The largest absolute Gasteiger partial charge is 0.478 e. The monoisotopic (exact) mass is 302 g/mol. The lowest BCUT2D eigenvalue weighted by Crippen LogP contribution is -2.46. The smallest absolute Gasteiger partial charge is 0.348 e. The van der Waals surface area contributed by atoms with Crippen LogP contribution in [0, 0.1) is 6.92 Å². The van der Waals surface area contributed by atoms with Crippen molar-refractivity contribution >= 4 is 17.0 Å². The number of fused-ring (bicyclic) bond motifs is 1. The minimum atomic E-state index is -1.08. The molecule has 1 saturated carbocycles. The third-order valence-electron chi connectivity index (χ3n) is 4.59. The van der Waals surface area contributed by atoms with Crippen LogP contribution in [0.25, 0.3) is 11.0 Å². The topological polar surface area (TPSA) is 64.4 Å². The molecule has 1 fully saturated rings. The van der Waals surface area contributed by atoms with E-state index in [2.05, 4.69) is 16.5 Å². The summed E-state index contributed by atoms with van der Waals surface area (Å²) in [5, 5.41) is 9.60. The van der Waals surface area contributed by atoms with Gasteiger partial charge < -0.3 is 14.4 Å². The number of nitrogens with zero attached hydrogens (tertiary/aromatic N) is 2. The van der Waals surface area contributed by atoms with Crippen molar-refractivity contribution in [3.05, 3.63) is 24.0 Å². The molecule has 5 nitrogen and oxygen atoms in total. The molecule has 5 heteroatoms. The molecule has 118 valence electrons. The number of hydrogen-bond donors (Lipinski definition) is 1. The van der Waals surface area contributed by atoms with E-state index in [9.17, 15) is 9.90 Å². The van der Waals surface area contributed by atoms with Crippen LogP contribution in [0.5, 0.6) is 5.75 Å². The van der Waals surface area contributed by atoms with E-state index < -0.39 is 11.6 Å². The summed E-state index contributed by atoms with van der Waals surface area (Å²) < 4.78 is 8.08. The highest BCUT2D eigenvalue weighted by atomic mass is 16.5. The third kappa shape index (κ3) is 2.45. The molecule has 1 aromatic carbocycles. The van der Waals surface area contributed by atoms with Crippen LogP contribution in [0.15, 0.2) is 18.2 Å². The van der Waals surface area contributed by atoms with E-state index in [4.69, 9.17) is 4.74 Å². The second-order valence-corrected chi connectivity index (χ2v) is 6.02. The number of imidazole rings is 1. The number of aliphatic carboxylic acids is 1. The van der Waals surface area contributed by atoms with Crippen LogP contribution in [0.2, 0.25) is 0 Å². The highest BCUT2D eigenvalue weighted by Gasteiger charge is 2.42. The normalized spacial score (nSPS) is 17.5. The van der Waals surface area contributed by atoms with Gasteiger partial charge in [0, 0.05) is 12.6 Å². The molecule has 1 aliphatic carbocycles. The first kappa shape index (κ1) is 14.9. The summed E-state index contributed by atoms with van der Waals surface area (Å²) >= 11 is 0. The van der Waals surface area contributed by atoms with Crippen LogP contribution in [-0.2, 0) is 11.3 Å². The number of aryl methyl sites for hydroxylation is 2. The van der Waals surface area contributed by atoms with Crippen LogP contribution in [-0.4, -0.2) is 26.2 Å². The number of benzene rings is 1. The van der Waals surface area contributed by atoms with Gasteiger partial charge in [0.15, 0.2) is 0 Å². The van der Waals surface area contributed by atoms with Crippen molar-refractivity contribution in [1.82, 2.24) is 9.55 Å². The Bertz CT molecular complexity index is 699. The molecule has 0 spiro atoms. The average Bonchev–Trinajstić information content (AvgIpc) is 2.82. The van der Waals surface area contributed by atoms with E-state index in [1.54, 1.807) is 0 Å². The maximum absolute atomic E-state index is 11.7. The van der Waals surface area contributed by atoms with Crippen molar-refractivity contribution in [2.45, 2.75) is 58.1 Å². The van der Waals surface area contributed by atoms with Crippen molar-refractivity contribution in [2.75, 3.05) is 0 Å². The SMILES string of the molecule is CCn1c(C)nc2cc(OC3(C(=O)O)CCCCC3)ccc21. The van der Waals surface area contributed by atoms with E-state index in [1.807, 2.05) is 25.1 Å². The van der Waals surface area contributed by atoms with Gasteiger partial charge in [0.05, 0.1) is 11.0 Å². The lowest BCUT2D eigenvalue weighted by atomic mass is 9.84. The summed E-state index contributed by atoms with van der Waals surface area (Å²) in [6.07, 6.45) is 4.03. The zero-order chi connectivity index (χ0) is 15.7. The van der Waals surface area contributed by atoms with Gasteiger partial charge in [-0.2, -0.15) is 0 Å². The standard InChI is InChI=1S/C17H22N2O3/c1-3-19-12(2)18-14-11-13(7-8-15(14)19)22-17(16(20)21)9-5-4-6-10-17/h7-8,11H,3-6,9-10H2,1-2H3,(H,20,21). The number of rotatable bonds is 4. The third-order valence-corrected chi connectivity index (χ3v) is 4.59. The molecule has 1 aromatic heterocycles. The number of hydrogen-bond acceptors (Lipinski definition) is 3. The molecule has 0 atom stereocenters. The van der Waals surface area contributed by atoms with Gasteiger partial charge in [-0.3, -0.25) is 0 Å². The first-order valence-electron chi connectivity index (χ1n) is 7.95. The van der Waals surface area contributed by atoms with Gasteiger partial charge in [0.1, 0.15) is 11.6 Å². The number of carbonyl (C=O) groups is 1. The fourth-order valence-electron chi connectivity index (χ4n) is 3.40. The molecule has 2 aromatic rings. The van der Waals surface area contributed by atoms with Gasteiger partial charge in [-0.05, 0) is 51.7 Å². The maximum atomic E-state index is 11.7. The van der Waals surface area contributed by atoms with E-state index >= 15 is 0 Å². The molecule has 1 N–H and O–H groups in total. The second kappa shape index (κ2) is 5.63. The first-order chi connectivity index (χ1) is 10.6. The van der Waals surface area contributed by atoms with Gasteiger partial charge in [-0.25, -0.2) is 9.78 Å². The zero-order valence-corrected chi connectivity index (χ0v) is 13.1. The Hall–Kier alpha value is -2.04. The van der Waals surface area contributed by atoms with E-state index in [0.29, 0.717) is 18.6 Å². The molecule has 3 rings (SSSR count). The lowest BCUT2D eigenvalue weighted by molar-refractivity contribution is -0.158. The van der Waals surface area contributed by atoms with Gasteiger partial charge in [0.2, 0.25) is 5.60 Å². The molecule has 1 aliphatic rings. The van der Waals surface area contributed by atoms with Crippen molar-refractivity contribution in [3.8, 4) is 5.75 Å². The highest BCUT2D eigenvalue weighted by molar-refractivity contribution is 5.80. The van der Waals surface area contributed by atoms with Crippen molar-refractivity contribution in [1.29, 1.82) is 0 Å². The molecule has 0 radical (unpaired) electrons. The van der Waals surface area contributed by atoms with Crippen LogP contribution in [0.4, 0.5) is 0 Å². The maximum Gasteiger partial charge on any atom is 0.348 e. The minimum absolute atomic E-state index is 0.572. The van der Waals surface area contributed by atoms with Crippen LogP contribution >= 0.6 is 0 Å². The van der Waals surface area contributed by atoms with E-state index in [0.717, 1.165) is 42.7 Å². The summed E-state index contributed by atoms with van der Waals surface area (Å²) in [7, 11) is 0. The van der Waals surface area contributed by atoms with Crippen LogP contribution < -0.4 is 4.74 Å². The highest BCUT2D eigenvalue weighted by Crippen LogP contribution is 2.34. The molecule has 22 heavy (non-hydrogen) atoms. The van der Waals surface area contributed by atoms with E-state index in [1.165, 1.54) is 0 Å². The molecular formula is C17H22N2O3. The van der Waals surface area contributed by atoms with Crippen LogP contribution in [0.3, 0.4) is 0 Å². The van der Waals surface area contributed by atoms with Gasteiger partial charge in [-0.15, -0.1) is 0 Å². The Morgan fingerprint density at radius 3 is 2.73 bits per heavy atom. The molecule has 1 heterocycles. The fourth-order valence-corrected chi connectivity index (χ4v) is 3.40. The molecule has 0 unspecified atom stereocenters. The Morgan fingerprint density at radius 2 is 2.09 bits per heavy atom. The quantitative estimate of drug-likeness (QED) is 0.938. The van der Waals surface area contributed by atoms with Gasteiger partial charge in [-0.1, -0.05) is 6.42 Å². The number of carboxylic acid groups (broad SMARTS) is 1. The Morgan fingerprint density at radius 1 is 1.36 bits per heavy atom. The molecule has 0 aliphatic heterocycles. The summed E-state index contributed by atoms with van der Waals surface area (Å²) in [4.78, 5) is 16.2. The molecule has 0 amide bonds. The summed E-state index contributed by atoms with van der Waals surface area (Å²) in [5.74, 6) is 0.695. The fraction of sp³-hybridized carbons (Fsp3) is 0.529. The molecule has 0 bridgehead atoms. The summed E-state index contributed by atoms with van der Waals surface area (Å²) in [5.41, 5.74) is 0.836. The number of carboxylic acids is 1. The second-order valence-electron chi connectivity index (χ2n) is 6.02. The van der Waals surface area contributed by atoms with Crippen LogP contribution in [0.1, 0.15) is 44.9 Å². The lowest BCUT2D eigenvalue weighted by Gasteiger charge is -2.33. The van der Waals surface area contributed by atoms with Gasteiger partial charge >= 0.3 is 5.97 Å². The predicted octanol–water partition coefficient (Wildman–Crippen LogP) is 3.53. The first-order valence-corrected chi connectivity index (χ1v) is 7.95. The molecular weight excluding hydrogens is 280 g/mol. The van der Waals surface area contributed by atoms with Crippen molar-refractivity contribution < 1.29 is 14.6 Å². The summed E-state index contributed by atoms with van der Waals surface area (Å²) in [6, 6.07) is 5.68. The Labute approximate surface area is 129 Å². The van der Waals surface area contributed by atoms with Crippen molar-refractivity contribution in [2.24, 2.45) is 0 Å². The van der Waals surface area contributed by atoms with Crippen molar-refractivity contribution in [3.63, 3.8) is 0 Å². The Balaban J connectivity index is 1.94. The zero-order valence-electron chi connectivity index (χ0n) is 13.1.